The van der Waals surface area contributed by atoms with E-state index in [1.807, 2.05) is 78.1 Å². The zero-order valence-electron chi connectivity index (χ0n) is 24.5. The standard InChI is InChI=1S/C31H44N6O3/c1-22(32-5)28(38)34-27(31(2,3)4)30(40)37-18-11-14-24(37)20-36(19-16-23-12-7-6-8-13-23)29(39)25-21-35-17-10-9-15-26(35)33-25/h6-10,12-13,15,17,22,24-25,27,32H,11,14,16,18-21H2,1-5H3,(H,34,38)/t22-,24-,25?,27+/m0/s1. The van der Waals surface area contributed by atoms with Crippen molar-refractivity contribution < 1.29 is 14.4 Å². The number of benzene rings is 1. The average Bonchev–Trinajstić information content (AvgIpc) is 3.59. The minimum absolute atomic E-state index is 0.0116. The number of likely N-dealkylation sites (N-methyl/N-ethyl adjacent to an activating group) is 1. The minimum atomic E-state index is -0.666. The fourth-order valence-electron chi connectivity index (χ4n) is 5.45. The number of allylic oxidation sites excluding steroid dienone is 2. The number of likely N-dealkylation sites (tertiary alicyclic amines) is 1. The highest BCUT2D eigenvalue weighted by Crippen LogP contribution is 2.27. The molecule has 1 aromatic carbocycles. The van der Waals surface area contributed by atoms with Crippen LogP contribution >= 0.6 is 0 Å². The molecule has 0 aliphatic carbocycles. The number of amides is 3. The second-order valence-electron chi connectivity index (χ2n) is 12.0. The summed E-state index contributed by atoms with van der Waals surface area (Å²) in [6.45, 7) is 9.82. The Hall–Kier alpha value is -3.46. The molecule has 9 nitrogen and oxygen atoms in total. The first-order chi connectivity index (χ1) is 19.1. The number of carbonyl (C=O) groups is 3. The molecule has 1 fully saturated rings. The summed E-state index contributed by atoms with van der Waals surface area (Å²) in [5, 5.41) is 5.94. The van der Waals surface area contributed by atoms with Crippen molar-refractivity contribution >= 4 is 23.6 Å². The van der Waals surface area contributed by atoms with E-state index < -0.39 is 23.5 Å². The lowest BCUT2D eigenvalue weighted by molar-refractivity contribution is -0.142. The smallest absolute Gasteiger partial charge is 0.249 e. The highest BCUT2D eigenvalue weighted by atomic mass is 16.2. The van der Waals surface area contributed by atoms with Crippen LogP contribution in [0.1, 0.15) is 46.1 Å². The molecular formula is C31H44N6O3. The van der Waals surface area contributed by atoms with E-state index in [9.17, 15) is 14.4 Å². The number of fused-ring (bicyclic) bond motifs is 1. The normalized spacial score (nSPS) is 21.6. The number of hydrogen-bond acceptors (Lipinski definition) is 6. The van der Waals surface area contributed by atoms with Gasteiger partial charge < -0.3 is 25.3 Å². The van der Waals surface area contributed by atoms with Gasteiger partial charge in [-0.05, 0) is 56.4 Å². The number of aliphatic imine (C=N–C) groups is 1. The van der Waals surface area contributed by atoms with Crippen molar-refractivity contribution in [1.29, 1.82) is 0 Å². The molecule has 3 heterocycles. The quantitative estimate of drug-likeness (QED) is 0.468. The molecule has 0 radical (unpaired) electrons. The number of rotatable bonds is 10. The van der Waals surface area contributed by atoms with Crippen molar-refractivity contribution in [2.75, 3.05) is 33.2 Å². The summed E-state index contributed by atoms with van der Waals surface area (Å²) in [6, 6.07) is 8.48. The molecule has 1 unspecified atom stereocenters. The van der Waals surface area contributed by atoms with E-state index in [1.165, 1.54) is 0 Å². The lowest BCUT2D eigenvalue weighted by Gasteiger charge is -2.38. The molecule has 3 aliphatic heterocycles. The zero-order valence-corrected chi connectivity index (χ0v) is 24.5. The second kappa shape index (κ2) is 12.8. The molecule has 2 N–H and O–H groups in total. The van der Waals surface area contributed by atoms with Crippen LogP contribution in [0.15, 0.2) is 59.8 Å². The van der Waals surface area contributed by atoms with Crippen molar-refractivity contribution in [2.24, 2.45) is 10.4 Å². The highest BCUT2D eigenvalue weighted by molar-refractivity contribution is 5.99. The molecule has 4 atom stereocenters. The third-order valence-corrected chi connectivity index (χ3v) is 8.00. The fourth-order valence-corrected chi connectivity index (χ4v) is 5.45. The summed E-state index contributed by atoms with van der Waals surface area (Å²) in [5.74, 6) is 0.505. The summed E-state index contributed by atoms with van der Waals surface area (Å²) < 4.78 is 0. The van der Waals surface area contributed by atoms with Gasteiger partial charge in [0.1, 0.15) is 17.9 Å². The molecule has 0 aromatic heterocycles. The van der Waals surface area contributed by atoms with Crippen molar-refractivity contribution in [3.8, 4) is 0 Å². The first-order valence-corrected chi connectivity index (χ1v) is 14.4. The Labute approximate surface area is 238 Å². The Morgan fingerprint density at radius 1 is 1.15 bits per heavy atom. The molecule has 0 saturated carbocycles. The van der Waals surface area contributed by atoms with E-state index in [0.29, 0.717) is 26.2 Å². The monoisotopic (exact) mass is 548 g/mol. The lowest BCUT2D eigenvalue weighted by Crippen LogP contribution is -2.59. The van der Waals surface area contributed by atoms with Crippen LogP contribution < -0.4 is 10.6 Å². The van der Waals surface area contributed by atoms with Crippen LogP contribution in [0.3, 0.4) is 0 Å². The number of carbonyl (C=O) groups excluding carboxylic acids is 3. The van der Waals surface area contributed by atoms with Gasteiger partial charge in [0.25, 0.3) is 0 Å². The van der Waals surface area contributed by atoms with Gasteiger partial charge in [0.2, 0.25) is 17.7 Å². The molecule has 3 amide bonds. The fraction of sp³-hybridized carbons (Fsp3) is 0.548. The van der Waals surface area contributed by atoms with Crippen molar-refractivity contribution in [1.82, 2.24) is 25.3 Å². The van der Waals surface area contributed by atoms with Gasteiger partial charge in [-0.25, -0.2) is 0 Å². The van der Waals surface area contributed by atoms with Crippen molar-refractivity contribution in [2.45, 2.75) is 71.1 Å². The van der Waals surface area contributed by atoms with Gasteiger partial charge in [0, 0.05) is 31.9 Å². The summed E-state index contributed by atoms with van der Waals surface area (Å²) in [6.07, 6.45) is 10.2. The maximum absolute atomic E-state index is 14.0. The van der Waals surface area contributed by atoms with Gasteiger partial charge in [-0.1, -0.05) is 57.2 Å². The minimum Gasteiger partial charge on any atom is -0.342 e. The third kappa shape index (κ3) is 6.99. The third-order valence-electron chi connectivity index (χ3n) is 8.00. The molecule has 3 aliphatic rings. The number of nitrogens with one attached hydrogen (secondary N) is 2. The van der Waals surface area contributed by atoms with Crippen LogP contribution in [0, 0.1) is 5.41 Å². The van der Waals surface area contributed by atoms with Crippen LogP contribution in [0.25, 0.3) is 0 Å². The molecule has 1 aromatic rings. The number of amidine groups is 1. The molecule has 0 spiro atoms. The maximum atomic E-state index is 14.0. The molecule has 40 heavy (non-hydrogen) atoms. The van der Waals surface area contributed by atoms with Gasteiger partial charge in [0.05, 0.1) is 12.6 Å². The van der Waals surface area contributed by atoms with Crippen molar-refractivity contribution in [3.63, 3.8) is 0 Å². The Morgan fingerprint density at radius 3 is 2.58 bits per heavy atom. The Bertz CT molecular complexity index is 1160. The largest absolute Gasteiger partial charge is 0.342 e. The van der Waals surface area contributed by atoms with Crippen molar-refractivity contribution in [3.05, 3.63) is 60.3 Å². The van der Waals surface area contributed by atoms with E-state index in [2.05, 4.69) is 22.8 Å². The van der Waals surface area contributed by atoms with Gasteiger partial charge in [0.15, 0.2) is 0 Å². The van der Waals surface area contributed by atoms with Crippen LogP contribution in [0.2, 0.25) is 0 Å². The van der Waals surface area contributed by atoms with E-state index >= 15 is 0 Å². The highest BCUT2D eigenvalue weighted by Gasteiger charge is 2.41. The van der Waals surface area contributed by atoms with E-state index in [0.717, 1.165) is 30.7 Å². The number of nitrogens with zero attached hydrogens (tertiary/aromatic N) is 4. The predicted molar refractivity (Wildman–Crippen MR) is 158 cm³/mol. The molecular weight excluding hydrogens is 504 g/mol. The number of hydrogen-bond donors (Lipinski definition) is 2. The van der Waals surface area contributed by atoms with Gasteiger partial charge in [-0.3, -0.25) is 19.4 Å². The van der Waals surface area contributed by atoms with Gasteiger partial charge >= 0.3 is 0 Å². The first-order valence-electron chi connectivity index (χ1n) is 14.4. The molecule has 216 valence electrons. The molecule has 9 heteroatoms. The second-order valence-corrected chi connectivity index (χ2v) is 12.0. The Balaban J connectivity index is 1.52. The van der Waals surface area contributed by atoms with Crippen LogP contribution in [0.4, 0.5) is 0 Å². The van der Waals surface area contributed by atoms with Gasteiger partial charge in [-0.2, -0.15) is 0 Å². The summed E-state index contributed by atoms with van der Waals surface area (Å²) >= 11 is 0. The van der Waals surface area contributed by atoms with Crippen LogP contribution in [-0.2, 0) is 20.8 Å². The average molecular weight is 549 g/mol. The summed E-state index contributed by atoms with van der Waals surface area (Å²) in [7, 11) is 1.73. The Morgan fingerprint density at radius 2 is 1.90 bits per heavy atom. The first kappa shape index (κ1) is 29.5. The van der Waals surface area contributed by atoms with E-state index in [4.69, 9.17) is 4.99 Å². The Kier molecular flexibility index (Phi) is 9.45. The molecule has 1 saturated heterocycles. The van der Waals surface area contributed by atoms with E-state index in [1.54, 1.807) is 14.0 Å². The SMILES string of the molecule is CN[C@@H](C)C(=O)N[C@H](C(=O)N1CCC[C@H]1CN(CCc1ccccc1)C(=O)C1CN2C=CC=CC2=N1)C(C)(C)C. The molecule has 0 bridgehead atoms. The van der Waals surface area contributed by atoms with Gasteiger partial charge in [-0.15, -0.1) is 0 Å². The predicted octanol–water partition coefficient (Wildman–Crippen LogP) is 2.35. The summed E-state index contributed by atoms with van der Waals surface area (Å²) in [5.41, 5.74) is 0.692. The topological polar surface area (TPSA) is 97.3 Å². The lowest BCUT2D eigenvalue weighted by atomic mass is 9.85. The summed E-state index contributed by atoms with van der Waals surface area (Å²) in [4.78, 5) is 51.1. The molecule has 4 rings (SSSR count). The zero-order chi connectivity index (χ0) is 28.9. The van der Waals surface area contributed by atoms with Crippen LogP contribution in [-0.4, -0.2) is 95.7 Å². The van der Waals surface area contributed by atoms with Crippen LogP contribution in [0.5, 0.6) is 0 Å². The van der Waals surface area contributed by atoms with E-state index in [-0.39, 0.29) is 23.8 Å². The maximum Gasteiger partial charge on any atom is 0.249 e.